The van der Waals surface area contributed by atoms with E-state index >= 15 is 0 Å². The van der Waals surface area contributed by atoms with Gasteiger partial charge in [0.05, 0.1) is 58.2 Å². The molecule has 5 rings (SSSR count). The van der Waals surface area contributed by atoms with Gasteiger partial charge in [-0.1, -0.05) is 24.3 Å². The molecule has 9 heteroatoms. The fourth-order valence-electron chi connectivity index (χ4n) is 5.59. The highest BCUT2D eigenvalue weighted by atomic mass is 16.5. The van der Waals surface area contributed by atoms with Crippen LogP contribution in [0.3, 0.4) is 0 Å². The minimum atomic E-state index is -0.313. The van der Waals surface area contributed by atoms with Crippen LogP contribution in [-0.2, 0) is 6.54 Å². The normalized spacial score (nSPS) is 12.8. The summed E-state index contributed by atoms with van der Waals surface area (Å²) >= 11 is 0. The predicted molar refractivity (Wildman–Crippen MR) is 153 cm³/mol. The van der Waals surface area contributed by atoms with Crippen molar-refractivity contribution in [2.24, 2.45) is 0 Å². The van der Waals surface area contributed by atoms with Crippen molar-refractivity contribution >= 4 is 16.6 Å². The Hall–Kier alpha value is -4.50. The maximum absolute atomic E-state index is 14.4. The zero-order chi connectivity index (χ0) is 28.7. The highest BCUT2D eigenvalue weighted by Crippen LogP contribution is 2.45. The van der Waals surface area contributed by atoms with Crippen LogP contribution in [0.1, 0.15) is 27.5 Å². The van der Waals surface area contributed by atoms with Gasteiger partial charge in [0.1, 0.15) is 0 Å². The number of pyridine rings is 1. The zero-order valence-corrected chi connectivity index (χ0v) is 23.7. The number of hydrogen-bond acceptors (Lipinski definition) is 8. The SMILES string of the molecule is COc1cc([C@@H](Cn2c3c(c4ccc(OC)c(OC)c4c2=O)C(=O)c2ccccc2-3)N(C)C)cc(OC)c1OC. The molecule has 0 amide bonds. The number of carbonyl (C=O) groups excluding carboxylic acids is 1. The average Bonchev–Trinajstić information content (AvgIpc) is 3.27. The lowest BCUT2D eigenvalue weighted by atomic mass is 10.00. The van der Waals surface area contributed by atoms with Gasteiger partial charge < -0.3 is 33.2 Å². The van der Waals surface area contributed by atoms with Crippen LogP contribution in [0, 0.1) is 0 Å². The fourth-order valence-corrected chi connectivity index (χ4v) is 5.59. The Kier molecular flexibility index (Phi) is 7.16. The Balaban J connectivity index is 1.83. The first-order valence-electron chi connectivity index (χ1n) is 12.7. The predicted octanol–water partition coefficient (Wildman–Crippen LogP) is 4.56. The molecule has 0 bridgehead atoms. The molecule has 3 aromatic carbocycles. The van der Waals surface area contributed by atoms with Gasteiger partial charge in [0.25, 0.3) is 5.56 Å². The van der Waals surface area contributed by atoms with E-state index in [0.29, 0.717) is 56.3 Å². The molecule has 4 aromatic rings. The van der Waals surface area contributed by atoms with Crippen LogP contribution in [0.2, 0.25) is 0 Å². The first kappa shape index (κ1) is 27.1. The number of rotatable bonds is 9. The van der Waals surface area contributed by atoms with E-state index < -0.39 is 0 Å². The Morgan fingerprint density at radius 1 is 0.750 bits per heavy atom. The molecule has 0 unspecified atom stereocenters. The van der Waals surface area contributed by atoms with Crippen LogP contribution in [0.4, 0.5) is 0 Å². The maximum Gasteiger partial charge on any atom is 0.262 e. The van der Waals surface area contributed by atoms with E-state index in [0.717, 1.165) is 11.1 Å². The number of nitrogens with zero attached hydrogens (tertiary/aromatic N) is 2. The Morgan fingerprint density at radius 2 is 1.35 bits per heavy atom. The molecule has 0 saturated heterocycles. The molecule has 9 nitrogen and oxygen atoms in total. The van der Waals surface area contributed by atoms with Gasteiger partial charge in [0.15, 0.2) is 28.8 Å². The van der Waals surface area contributed by atoms with Crippen molar-refractivity contribution in [2.45, 2.75) is 12.6 Å². The van der Waals surface area contributed by atoms with Crippen LogP contribution < -0.4 is 29.2 Å². The monoisotopic (exact) mass is 544 g/mol. The molecule has 208 valence electrons. The zero-order valence-electron chi connectivity index (χ0n) is 23.7. The second-order valence-corrected chi connectivity index (χ2v) is 9.68. The van der Waals surface area contributed by atoms with Gasteiger partial charge in [0, 0.05) is 23.1 Å². The number of likely N-dealkylation sites (N-methyl/N-ethyl adjacent to an activating group) is 1. The molecule has 1 aliphatic rings. The smallest absolute Gasteiger partial charge is 0.262 e. The lowest BCUT2D eigenvalue weighted by Crippen LogP contribution is -2.31. The van der Waals surface area contributed by atoms with E-state index in [1.165, 1.54) is 14.2 Å². The summed E-state index contributed by atoms with van der Waals surface area (Å²) in [6.45, 7) is 0.227. The van der Waals surface area contributed by atoms with Crippen molar-refractivity contribution in [1.82, 2.24) is 9.47 Å². The van der Waals surface area contributed by atoms with Crippen LogP contribution in [-0.4, -0.2) is 64.9 Å². The van der Waals surface area contributed by atoms with Gasteiger partial charge in [-0.25, -0.2) is 0 Å². The Morgan fingerprint density at radius 3 is 1.90 bits per heavy atom. The van der Waals surface area contributed by atoms with Crippen LogP contribution >= 0.6 is 0 Å². The summed E-state index contributed by atoms with van der Waals surface area (Å²) in [5, 5.41) is 0.827. The number of ether oxygens (including phenoxy) is 5. The van der Waals surface area contributed by atoms with E-state index in [4.69, 9.17) is 23.7 Å². The molecule has 1 aromatic heterocycles. The molecule has 1 atom stereocenters. The number of aromatic nitrogens is 1. The summed E-state index contributed by atoms with van der Waals surface area (Å²) in [4.78, 5) is 30.2. The van der Waals surface area contributed by atoms with Crippen molar-refractivity contribution < 1.29 is 28.5 Å². The lowest BCUT2D eigenvalue weighted by molar-refractivity contribution is 0.104. The van der Waals surface area contributed by atoms with Gasteiger partial charge in [-0.15, -0.1) is 0 Å². The van der Waals surface area contributed by atoms with Crippen molar-refractivity contribution in [3.05, 3.63) is 75.6 Å². The molecule has 1 aliphatic carbocycles. The lowest BCUT2D eigenvalue weighted by Gasteiger charge is -2.28. The van der Waals surface area contributed by atoms with Crippen molar-refractivity contribution in [3.8, 4) is 40.0 Å². The largest absolute Gasteiger partial charge is 0.493 e. The molecule has 0 saturated carbocycles. The molecule has 40 heavy (non-hydrogen) atoms. The molecular weight excluding hydrogens is 512 g/mol. The number of hydrogen-bond donors (Lipinski definition) is 0. The van der Waals surface area contributed by atoms with E-state index in [1.54, 1.807) is 44.1 Å². The van der Waals surface area contributed by atoms with Crippen LogP contribution in [0.25, 0.3) is 22.0 Å². The molecule has 0 fully saturated rings. The van der Waals surface area contributed by atoms with Gasteiger partial charge in [-0.2, -0.15) is 0 Å². The highest BCUT2D eigenvalue weighted by molar-refractivity contribution is 6.27. The fraction of sp³-hybridized carbons (Fsp3) is 0.290. The maximum atomic E-state index is 14.4. The Bertz CT molecular complexity index is 1660. The van der Waals surface area contributed by atoms with E-state index in [-0.39, 0.29) is 23.9 Å². The van der Waals surface area contributed by atoms with Gasteiger partial charge in [0.2, 0.25) is 5.75 Å². The second-order valence-electron chi connectivity index (χ2n) is 9.68. The highest BCUT2D eigenvalue weighted by Gasteiger charge is 2.35. The summed E-state index contributed by atoms with van der Waals surface area (Å²) in [6, 6.07) is 14.3. The number of fused-ring (bicyclic) bond motifs is 5. The third-order valence-electron chi connectivity index (χ3n) is 7.49. The summed E-state index contributed by atoms with van der Waals surface area (Å²) in [5.74, 6) is 2.06. The molecule has 0 spiro atoms. The van der Waals surface area contributed by atoms with E-state index in [9.17, 15) is 9.59 Å². The third-order valence-corrected chi connectivity index (χ3v) is 7.49. The quantitative estimate of drug-likeness (QED) is 0.267. The topological polar surface area (TPSA) is 88.5 Å². The standard InChI is InChI=1S/C31H32N2O7/c1-32(2)21(17-14-23(37-4)29(39-6)24(15-17)38-5)16-33-27-18-10-8-9-11-19(18)28(34)25(27)20-12-13-22(36-3)30(40-7)26(20)31(33)35/h8-15,21H,16H2,1-7H3/t21-/m1/s1. The van der Waals surface area contributed by atoms with Gasteiger partial charge in [-0.05, 0) is 43.9 Å². The molecule has 0 radical (unpaired) electrons. The first-order valence-corrected chi connectivity index (χ1v) is 12.7. The third kappa shape index (κ3) is 4.05. The number of ketones is 1. The Labute approximate surface area is 232 Å². The van der Waals surface area contributed by atoms with Gasteiger partial charge >= 0.3 is 0 Å². The molecule has 1 heterocycles. The van der Waals surface area contributed by atoms with Gasteiger partial charge in [-0.3, -0.25) is 9.59 Å². The van der Waals surface area contributed by atoms with Crippen molar-refractivity contribution in [3.63, 3.8) is 0 Å². The molecule has 0 aliphatic heterocycles. The summed E-state index contributed by atoms with van der Waals surface area (Å²) in [5.41, 5.74) is 2.90. The van der Waals surface area contributed by atoms with Crippen LogP contribution in [0.5, 0.6) is 28.7 Å². The minimum Gasteiger partial charge on any atom is -0.493 e. The first-order chi connectivity index (χ1) is 19.3. The number of methoxy groups -OCH3 is 5. The molecule has 0 N–H and O–H groups in total. The van der Waals surface area contributed by atoms with Crippen LogP contribution in [0.15, 0.2) is 53.3 Å². The minimum absolute atomic E-state index is 0.134. The number of benzene rings is 3. The van der Waals surface area contributed by atoms with E-state index in [2.05, 4.69) is 0 Å². The van der Waals surface area contributed by atoms with Crippen molar-refractivity contribution in [2.75, 3.05) is 49.6 Å². The average molecular weight is 545 g/mol. The van der Waals surface area contributed by atoms with Crippen molar-refractivity contribution in [1.29, 1.82) is 0 Å². The molecular formula is C31H32N2O7. The summed E-state index contributed by atoms with van der Waals surface area (Å²) in [7, 11) is 11.6. The summed E-state index contributed by atoms with van der Waals surface area (Å²) in [6.07, 6.45) is 0. The number of carbonyl (C=O) groups is 1. The summed E-state index contributed by atoms with van der Waals surface area (Å²) < 4.78 is 29.6. The second kappa shape index (κ2) is 10.6. The van der Waals surface area contributed by atoms with E-state index in [1.807, 2.05) is 49.3 Å².